The predicted octanol–water partition coefficient (Wildman–Crippen LogP) is 2.35. The van der Waals surface area contributed by atoms with Crippen molar-refractivity contribution in [3.8, 4) is 11.8 Å². The van der Waals surface area contributed by atoms with Gasteiger partial charge in [-0.1, -0.05) is 18.3 Å². The Morgan fingerprint density at radius 2 is 2.17 bits per heavy atom. The van der Waals surface area contributed by atoms with Crippen LogP contribution in [0.25, 0.3) is 0 Å². The number of thiocarbonyl (C=S) groups is 1. The first-order valence-electron chi connectivity index (χ1n) is 5.13. The lowest BCUT2D eigenvalue weighted by Gasteiger charge is -2.05. The molecular formula is C12H10FN3OS. The van der Waals surface area contributed by atoms with Gasteiger partial charge in [-0.2, -0.15) is 4.98 Å². The second-order valence-corrected chi connectivity index (χ2v) is 4.04. The van der Waals surface area contributed by atoms with Gasteiger partial charge in [0.15, 0.2) is 0 Å². The average Bonchev–Trinajstić information content (AvgIpc) is 2.34. The molecule has 0 saturated carbocycles. The Hall–Kier alpha value is -2.08. The molecule has 1 aromatic heterocycles. The lowest BCUT2D eigenvalue weighted by Crippen LogP contribution is -2.12. The molecule has 2 N–H and O–H groups in total. The smallest absolute Gasteiger partial charge is 0.322 e. The molecule has 0 aliphatic carbocycles. The summed E-state index contributed by atoms with van der Waals surface area (Å²) in [6, 6.07) is 6.16. The number of benzene rings is 1. The minimum absolute atomic E-state index is 0.0727. The molecule has 2 aromatic rings. The molecule has 4 nitrogen and oxygen atoms in total. The molecule has 1 aromatic carbocycles. The van der Waals surface area contributed by atoms with E-state index in [-0.39, 0.29) is 16.8 Å². The van der Waals surface area contributed by atoms with Gasteiger partial charge in [-0.15, -0.1) is 0 Å². The fourth-order valence-corrected chi connectivity index (χ4v) is 1.38. The Bertz CT molecular complexity index is 604. The third-order valence-corrected chi connectivity index (χ3v) is 2.45. The highest BCUT2D eigenvalue weighted by molar-refractivity contribution is 7.80. The van der Waals surface area contributed by atoms with Gasteiger partial charge in [0.2, 0.25) is 0 Å². The molecule has 92 valence electrons. The summed E-state index contributed by atoms with van der Waals surface area (Å²) in [7, 11) is 0. The largest absolute Gasteiger partial charge is 0.424 e. The van der Waals surface area contributed by atoms with E-state index in [1.807, 2.05) is 0 Å². The third-order valence-electron chi connectivity index (χ3n) is 2.24. The van der Waals surface area contributed by atoms with Crippen molar-refractivity contribution in [1.29, 1.82) is 0 Å². The number of aryl methyl sites for hydroxylation is 1. The summed E-state index contributed by atoms with van der Waals surface area (Å²) < 4.78 is 18.7. The molecule has 0 aliphatic rings. The molecule has 18 heavy (non-hydrogen) atoms. The van der Waals surface area contributed by atoms with Crippen LogP contribution in [-0.4, -0.2) is 15.0 Å². The molecule has 0 bridgehead atoms. The zero-order valence-corrected chi connectivity index (χ0v) is 10.4. The molecule has 6 heteroatoms. The third kappa shape index (κ3) is 2.78. The summed E-state index contributed by atoms with van der Waals surface area (Å²) in [6.07, 6.45) is 1.47. The lowest BCUT2D eigenvalue weighted by atomic mass is 10.2. The summed E-state index contributed by atoms with van der Waals surface area (Å²) in [5.74, 6) is -0.0313. The van der Waals surface area contributed by atoms with Gasteiger partial charge in [0, 0.05) is 12.3 Å². The van der Waals surface area contributed by atoms with Crippen LogP contribution in [0.4, 0.5) is 4.39 Å². The monoisotopic (exact) mass is 263 g/mol. The van der Waals surface area contributed by atoms with Crippen molar-refractivity contribution in [2.45, 2.75) is 6.92 Å². The summed E-state index contributed by atoms with van der Waals surface area (Å²) in [4.78, 5) is 8.05. The van der Waals surface area contributed by atoms with Crippen molar-refractivity contribution in [2.75, 3.05) is 0 Å². The van der Waals surface area contributed by atoms with E-state index in [4.69, 9.17) is 22.7 Å². The zero-order valence-electron chi connectivity index (χ0n) is 9.55. The van der Waals surface area contributed by atoms with E-state index in [9.17, 15) is 4.39 Å². The second-order valence-electron chi connectivity index (χ2n) is 3.60. The molecule has 0 aliphatic heterocycles. The standard InChI is InChI=1S/C12H10FN3OS/c1-7-2-3-8(6-9(7)13)17-12-15-5-4-10(16-12)11(14)18/h2-6H,1H3,(H2,14,18). The van der Waals surface area contributed by atoms with Gasteiger partial charge in [0.25, 0.3) is 0 Å². The van der Waals surface area contributed by atoms with Crippen LogP contribution in [0.5, 0.6) is 11.8 Å². The van der Waals surface area contributed by atoms with Gasteiger partial charge in [-0.3, -0.25) is 0 Å². The highest BCUT2D eigenvalue weighted by atomic mass is 32.1. The van der Waals surface area contributed by atoms with E-state index < -0.39 is 0 Å². The van der Waals surface area contributed by atoms with Crippen molar-refractivity contribution in [2.24, 2.45) is 5.73 Å². The average molecular weight is 263 g/mol. The van der Waals surface area contributed by atoms with Crippen LogP contribution in [0.2, 0.25) is 0 Å². The van der Waals surface area contributed by atoms with Crippen LogP contribution in [-0.2, 0) is 0 Å². The fraction of sp³-hybridized carbons (Fsp3) is 0.0833. The second kappa shape index (κ2) is 5.05. The Morgan fingerprint density at radius 1 is 1.39 bits per heavy atom. The summed E-state index contributed by atoms with van der Waals surface area (Å²) in [6.45, 7) is 1.67. The number of nitrogens with zero attached hydrogens (tertiary/aromatic N) is 2. The van der Waals surface area contributed by atoms with Crippen LogP contribution < -0.4 is 10.5 Å². The Morgan fingerprint density at radius 3 is 2.83 bits per heavy atom. The number of rotatable bonds is 3. The summed E-state index contributed by atoms with van der Waals surface area (Å²) in [5.41, 5.74) is 6.39. The van der Waals surface area contributed by atoms with Gasteiger partial charge in [-0.25, -0.2) is 9.37 Å². The van der Waals surface area contributed by atoms with Crippen LogP contribution in [0.1, 0.15) is 11.3 Å². The first kappa shape index (κ1) is 12.4. The Balaban J connectivity index is 2.25. The fourth-order valence-electron chi connectivity index (χ4n) is 1.27. The van der Waals surface area contributed by atoms with E-state index >= 15 is 0 Å². The first-order chi connectivity index (χ1) is 8.56. The van der Waals surface area contributed by atoms with Crippen LogP contribution in [0, 0.1) is 12.7 Å². The Labute approximate surface area is 109 Å². The van der Waals surface area contributed by atoms with E-state index in [2.05, 4.69) is 9.97 Å². The van der Waals surface area contributed by atoms with Gasteiger partial charge in [0.05, 0.1) is 0 Å². The van der Waals surface area contributed by atoms with E-state index in [0.29, 0.717) is 17.0 Å². The van der Waals surface area contributed by atoms with E-state index in [0.717, 1.165) is 0 Å². The van der Waals surface area contributed by atoms with Crippen molar-refractivity contribution >= 4 is 17.2 Å². The molecule has 2 rings (SSSR count). The van der Waals surface area contributed by atoms with E-state index in [1.165, 1.54) is 12.3 Å². The van der Waals surface area contributed by atoms with Crippen molar-refractivity contribution < 1.29 is 9.13 Å². The van der Waals surface area contributed by atoms with Crippen LogP contribution in [0.3, 0.4) is 0 Å². The molecule has 0 radical (unpaired) electrons. The SMILES string of the molecule is Cc1ccc(Oc2nccc(C(N)=S)n2)cc1F. The number of hydrogen-bond acceptors (Lipinski definition) is 4. The normalized spacial score (nSPS) is 10.1. The maximum absolute atomic E-state index is 13.3. The van der Waals surface area contributed by atoms with Crippen molar-refractivity contribution in [3.05, 3.63) is 47.5 Å². The highest BCUT2D eigenvalue weighted by Gasteiger charge is 2.06. The van der Waals surface area contributed by atoms with Crippen molar-refractivity contribution in [3.63, 3.8) is 0 Å². The molecule has 0 fully saturated rings. The Kier molecular flexibility index (Phi) is 3.47. The predicted molar refractivity (Wildman–Crippen MR) is 69.1 cm³/mol. The van der Waals surface area contributed by atoms with E-state index in [1.54, 1.807) is 25.1 Å². The number of halogens is 1. The number of aromatic nitrogens is 2. The van der Waals surface area contributed by atoms with Gasteiger partial charge < -0.3 is 10.5 Å². The van der Waals surface area contributed by atoms with Crippen LogP contribution in [0.15, 0.2) is 30.5 Å². The van der Waals surface area contributed by atoms with Crippen LogP contribution >= 0.6 is 12.2 Å². The molecule has 0 atom stereocenters. The quantitative estimate of drug-likeness (QED) is 0.861. The maximum Gasteiger partial charge on any atom is 0.322 e. The summed E-state index contributed by atoms with van der Waals surface area (Å²) >= 11 is 4.80. The molecule has 0 spiro atoms. The van der Waals surface area contributed by atoms with Crippen molar-refractivity contribution in [1.82, 2.24) is 9.97 Å². The maximum atomic E-state index is 13.3. The molecule has 0 unspecified atom stereocenters. The summed E-state index contributed by atoms with van der Waals surface area (Å²) in [5, 5.41) is 0. The van der Waals surface area contributed by atoms with Gasteiger partial charge >= 0.3 is 6.01 Å². The lowest BCUT2D eigenvalue weighted by molar-refractivity contribution is 0.437. The number of ether oxygens (including phenoxy) is 1. The first-order valence-corrected chi connectivity index (χ1v) is 5.54. The molecular weight excluding hydrogens is 253 g/mol. The van der Waals surface area contributed by atoms with Gasteiger partial charge in [0.1, 0.15) is 22.2 Å². The molecule has 0 saturated heterocycles. The van der Waals surface area contributed by atoms with Gasteiger partial charge in [-0.05, 0) is 24.6 Å². The molecule has 1 heterocycles. The number of hydrogen-bond donors (Lipinski definition) is 1. The highest BCUT2D eigenvalue weighted by Crippen LogP contribution is 2.20. The molecule has 0 amide bonds. The minimum Gasteiger partial charge on any atom is -0.424 e. The topological polar surface area (TPSA) is 61.0 Å². The number of nitrogens with two attached hydrogens (primary N) is 1. The minimum atomic E-state index is -0.349. The zero-order chi connectivity index (χ0) is 13.1.